The second-order valence-electron chi connectivity index (χ2n) is 15.5. The summed E-state index contributed by atoms with van der Waals surface area (Å²) in [6, 6.07) is -1.91. The van der Waals surface area contributed by atoms with E-state index in [2.05, 4.69) is 71.8 Å². The number of hydrogen-bond donors (Lipinski definition) is 7. The fraction of sp³-hybridized carbons (Fsp3) is 0.829. The van der Waals surface area contributed by atoms with Gasteiger partial charge in [-0.3, -0.25) is 33.6 Å². The lowest BCUT2D eigenvalue weighted by molar-refractivity contribution is -0.133. The van der Waals surface area contributed by atoms with Crippen LogP contribution in [0.2, 0.25) is 0 Å². The van der Waals surface area contributed by atoms with Crippen molar-refractivity contribution in [3.05, 3.63) is 0 Å². The van der Waals surface area contributed by atoms with Gasteiger partial charge in [-0.15, -0.1) is 0 Å². The van der Waals surface area contributed by atoms with Crippen molar-refractivity contribution < 1.29 is 33.6 Å². The van der Waals surface area contributed by atoms with Gasteiger partial charge in [-0.1, -0.05) is 73.1 Å². The second kappa shape index (κ2) is 33.6. The van der Waals surface area contributed by atoms with Crippen LogP contribution in [-0.2, 0) is 33.6 Å². The van der Waals surface area contributed by atoms with Gasteiger partial charge in [-0.25, -0.2) is 0 Å². The summed E-state index contributed by atoms with van der Waals surface area (Å²) in [5.41, 5.74) is 0. The maximum atomic E-state index is 13.7. The second-order valence-corrected chi connectivity index (χ2v) is 15.5. The predicted octanol–water partition coefficient (Wildman–Crippen LogP) is 4.30. The van der Waals surface area contributed by atoms with Crippen molar-refractivity contribution in [2.75, 3.05) is 33.2 Å². The third-order valence-electron chi connectivity index (χ3n) is 9.25. The van der Waals surface area contributed by atoms with E-state index in [1.54, 1.807) is 0 Å². The maximum absolute atomic E-state index is 13.7. The molecule has 0 spiro atoms. The predicted molar refractivity (Wildman–Crippen MR) is 218 cm³/mol. The minimum absolute atomic E-state index is 0.00828. The Morgan fingerprint density at radius 2 is 0.836 bits per heavy atom. The third kappa shape index (κ3) is 31.2. The van der Waals surface area contributed by atoms with Crippen LogP contribution in [0, 0.1) is 11.8 Å². The molecule has 7 N–H and O–H groups in total. The number of nitrogens with one attached hydrogen (secondary N) is 7. The van der Waals surface area contributed by atoms with Gasteiger partial charge in [0.2, 0.25) is 41.4 Å². The van der Waals surface area contributed by atoms with Crippen molar-refractivity contribution in [1.82, 2.24) is 37.2 Å². The molecule has 7 amide bonds. The molecule has 1 unspecified atom stereocenters. The van der Waals surface area contributed by atoms with E-state index in [0.717, 1.165) is 57.8 Å². The molecule has 14 nitrogen and oxygen atoms in total. The van der Waals surface area contributed by atoms with Crippen LogP contribution in [0.4, 0.5) is 0 Å². The summed E-state index contributed by atoms with van der Waals surface area (Å²) in [5.74, 6) is -0.643. The van der Waals surface area contributed by atoms with E-state index in [4.69, 9.17) is 0 Å². The van der Waals surface area contributed by atoms with E-state index in [1.807, 2.05) is 0 Å². The monoisotopic (exact) mass is 780 g/mol. The van der Waals surface area contributed by atoms with Gasteiger partial charge in [-0.2, -0.15) is 0 Å². The number of amides is 7. The summed E-state index contributed by atoms with van der Waals surface area (Å²) < 4.78 is 0. The Morgan fingerprint density at radius 1 is 0.418 bits per heavy atom. The number of carbonyl (C=O) groups is 7. The van der Waals surface area contributed by atoms with Crippen molar-refractivity contribution in [3.63, 3.8) is 0 Å². The van der Waals surface area contributed by atoms with E-state index in [9.17, 15) is 33.6 Å². The topological polar surface area (TPSA) is 204 Å². The Kier molecular flexibility index (Phi) is 31.3. The molecule has 0 radical (unpaired) electrons. The minimum atomic E-state index is -0.971. The summed E-state index contributed by atoms with van der Waals surface area (Å²) in [7, 11) is 1.46. The summed E-state index contributed by atoms with van der Waals surface area (Å²) in [4.78, 5) is 88.2. The van der Waals surface area contributed by atoms with Gasteiger partial charge in [0.15, 0.2) is 0 Å². The molecule has 0 bridgehead atoms. The summed E-state index contributed by atoms with van der Waals surface area (Å²) in [5, 5.41) is 19.3. The number of hydrogen-bond acceptors (Lipinski definition) is 7. The van der Waals surface area contributed by atoms with Crippen LogP contribution < -0.4 is 37.2 Å². The van der Waals surface area contributed by atoms with Crippen LogP contribution in [0.3, 0.4) is 0 Å². The maximum Gasteiger partial charge on any atom is 0.243 e. The smallest absolute Gasteiger partial charge is 0.243 e. The minimum Gasteiger partial charge on any atom is -0.358 e. The molecule has 0 fully saturated rings. The van der Waals surface area contributed by atoms with Gasteiger partial charge >= 0.3 is 0 Å². The van der Waals surface area contributed by atoms with Crippen molar-refractivity contribution in [2.45, 2.75) is 175 Å². The van der Waals surface area contributed by atoms with Gasteiger partial charge < -0.3 is 37.2 Å². The highest BCUT2D eigenvalue weighted by Gasteiger charge is 2.27. The first-order chi connectivity index (χ1) is 26.3. The Labute approximate surface area is 331 Å². The summed E-state index contributed by atoms with van der Waals surface area (Å²) >= 11 is 0. The molecular formula is C41H77N7O7. The first-order valence-electron chi connectivity index (χ1n) is 21.2. The number of rotatable bonds is 34. The molecular weight excluding hydrogens is 702 g/mol. The Balaban J connectivity index is 5.32. The molecule has 0 aliphatic rings. The number of likely N-dealkylation sites (N-methyl/N-ethyl adjacent to an activating group) is 1. The lowest BCUT2D eigenvalue weighted by atomic mass is 10.0. The molecule has 0 aromatic carbocycles. The van der Waals surface area contributed by atoms with E-state index < -0.39 is 23.9 Å². The van der Waals surface area contributed by atoms with E-state index >= 15 is 0 Å². The van der Waals surface area contributed by atoms with E-state index in [-0.39, 0.29) is 55.3 Å². The zero-order valence-electron chi connectivity index (χ0n) is 35.1. The average molecular weight is 780 g/mol. The lowest BCUT2D eigenvalue weighted by Crippen LogP contribution is -2.54. The summed E-state index contributed by atoms with van der Waals surface area (Å²) in [6.07, 6.45) is 13.4. The normalized spacial score (nSPS) is 12.1. The highest BCUT2D eigenvalue weighted by molar-refractivity contribution is 5.93. The van der Waals surface area contributed by atoms with Crippen LogP contribution in [-0.4, -0.2) is 86.7 Å². The standard InChI is InChI=1S/C41H77N7O7/c1-7-8-9-23-35(49)43-28-17-15-22-34(47-38(52)26-18-29-45-37(51)25-13-11-20-32(4)5)41(55)48-33(40(54)46-30-39(53)42-6)21-14-16-27-44-36(50)24-12-10-19-31(2)3/h31-34H,7-30H2,1-6H3,(H,42,53)(H,43,49)(H,44,50)(H,45,51)(H,46,54)(H,47,52)(H,48,55)/t33-,34?/m0/s1. The van der Waals surface area contributed by atoms with Crippen LogP contribution in [0.25, 0.3) is 0 Å². The fourth-order valence-electron chi connectivity index (χ4n) is 5.81. The quantitative estimate of drug-likeness (QED) is 0.0472. The number of carbonyl (C=O) groups excluding carboxylic acids is 7. The van der Waals surface area contributed by atoms with E-state index in [1.165, 1.54) is 7.05 Å². The molecule has 0 aliphatic carbocycles. The van der Waals surface area contributed by atoms with Crippen LogP contribution in [0.1, 0.15) is 163 Å². The molecule has 55 heavy (non-hydrogen) atoms. The SMILES string of the molecule is CCCCCC(=O)NCCCCC(NC(=O)CCCNC(=O)CCCCC(C)C)C(=O)N[C@@H](CCCCNC(=O)CCCCC(C)C)C(=O)NCC(=O)NC. The molecule has 0 heterocycles. The molecule has 0 saturated carbocycles. The van der Waals surface area contributed by atoms with Gasteiger partial charge in [0.05, 0.1) is 6.54 Å². The van der Waals surface area contributed by atoms with Gasteiger partial charge in [-0.05, 0) is 76.0 Å². The molecule has 2 atom stereocenters. The van der Waals surface area contributed by atoms with Crippen LogP contribution >= 0.6 is 0 Å². The molecule has 0 aliphatic heterocycles. The van der Waals surface area contributed by atoms with Crippen molar-refractivity contribution in [1.29, 1.82) is 0 Å². The van der Waals surface area contributed by atoms with E-state index in [0.29, 0.717) is 82.8 Å². The Hall–Kier alpha value is -3.71. The average Bonchev–Trinajstić information content (AvgIpc) is 3.14. The first-order valence-corrected chi connectivity index (χ1v) is 21.2. The van der Waals surface area contributed by atoms with Crippen LogP contribution in [0.5, 0.6) is 0 Å². The fourth-order valence-corrected chi connectivity index (χ4v) is 5.81. The summed E-state index contributed by atoms with van der Waals surface area (Å²) in [6.45, 7) is 11.7. The third-order valence-corrected chi connectivity index (χ3v) is 9.25. The zero-order chi connectivity index (χ0) is 41.3. The molecule has 0 rings (SSSR count). The van der Waals surface area contributed by atoms with Crippen molar-refractivity contribution in [3.8, 4) is 0 Å². The lowest BCUT2D eigenvalue weighted by Gasteiger charge is -2.23. The first kappa shape index (κ1) is 51.3. The Bertz CT molecular complexity index is 1120. The molecule has 0 saturated heterocycles. The molecule has 0 aromatic rings. The molecule has 14 heteroatoms. The molecule has 0 aromatic heterocycles. The van der Waals surface area contributed by atoms with Gasteiger partial charge in [0, 0.05) is 52.4 Å². The van der Waals surface area contributed by atoms with Crippen LogP contribution in [0.15, 0.2) is 0 Å². The highest BCUT2D eigenvalue weighted by Crippen LogP contribution is 2.10. The van der Waals surface area contributed by atoms with Crippen molar-refractivity contribution >= 4 is 41.4 Å². The van der Waals surface area contributed by atoms with Crippen molar-refractivity contribution in [2.24, 2.45) is 11.8 Å². The van der Waals surface area contributed by atoms with Gasteiger partial charge in [0.1, 0.15) is 12.1 Å². The largest absolute Gasteiger partial charge is 0.358 e. The molecule has 318 valence electrons. The number of unbranched alkanes of at least 4 members (excludes halogenated alkanes) is 6. The Morgan fingerprint density at radius 3 is 1.29 bits per heavy atom. The highest BCUT2D eigenvalue weighted by atomic mass is 16.2. The van der Waals surface area contributed by atoms with Gasteiger partial charge in [0.25, 0.3) is 0 Å². The zero-order valence-corrected chi connectivity index (χ0v) is 35.1.